The second-order valence-corrected chi connectivity index (χ2v) is 7.85. The minimum atomic E-state index is -3.01. The van der Waals surface area contributed by atoms with Crippen LogP contribution < -0.4 is 5.32 Å². The van der Waals surface area contributed by atoms with Crippen LogP contribution >= 0.6 is 0 Å². The van der Waals surface area contributed by atoms with Crippen LogP contribution in [0, 0.1) is 20.8 Å². The van der Waals surface area contributed by atoms with Crippen LogP contribution in [0.1, 0.15) is 48.1 Å². The molecule has 0 aromatic heterocycles. The van der Waals surface area contributed by atoms with Gasteiger partial charge in [-0.2, -0.15) is 0 Å². The third kappa shape index (κ3) is 4.60. The van der Waals surface area contributed by atoms with E-state index in [0.29, 0.717) is 0 Å². The summed E-state index contributed by atoms with van der Waals surface area (Å²) in [5.74, 6) is 0.458. The lowest BCUT2D eigenvalue weighted by atomic mass is 9.95. The molecule has 114 valence electrons. The van der Waals surface area contributed by atoms with Gasteiger partial charge in [0, 0.05) is 6.04 Å². The van der Waals surface area contributed by atoms with E-state index in [1.54, 1.807) is 0 Å². The maximum atomic E-state index is 12.2. The van der Waals surface area contributed by atoms with Crippen LogP contribution in [0.4, 0.5) is 0 Å². The van der Waals surface area contributed by atoms with Gasteiger partial charge in [0.25, 0.3) is 0 Å². The van der Waals surface area contributed by atoms with Crippen LogP contribution in [0.15, 0.2) is 12.1 Å². The van der Waals surface area contributed by atoms with E-state index in [4.69, 9.17) is 0 Å². The van der Waals surface area contributed by atoms with Crippen LogP contribution in [-0.4, -0.2) is 27.0 Å². The largest absolute Gasteiger partial charge is 0.312 e. The lowest BCUT2D eigenvalue weighted by Gasteiger charge is -2.22. The van der Waals surface area contributed by atoms with Crippen molar-refractivity contribution in [1.82, 2.24) is 5.32 Å². The third-order valence-electron chi connectivity index (χ3n) is 3.66. The van der Waals surface area contributed by atoms with Gasteiger partial charge in [-0.1, -0.05) is 31.0 Å². The molecule has 20 heavy (non-hydrogen) atoms. The second kappa shape index (κ2) is 7.23. The van der Waals surface area contributed by atoms with Crippen molar-refractivity contribution >= 4 is 9.84 Å². The predicted molar refractivity (Wildman–Crippen MR) is 86.0 cm³/mol. The molecule has 0 bridgehead atoms. The number of hydrogen-bond acceptors (Lipinski definition) is 3. The summed E-state index contributed by atoms with van der Waals surface area (Å²) < 4.78 is 24.4. The number of nitrogens with one attached hydrogen (secondary N) is 1. The highest BCUT2D eigenvalue weighted by molar-refractivity contribution is 7.91. The fourth-order valence-corrected chi connectivity index (χ4v) is 4.49. The van der Waals surface area contributed by atoms with E-state index >= 15 is 0 Å². The highest BCUT2D eigenvalue weighted by Gasteiger charge is 2.22. The molecule has 0 fully saturated rings. The van der Waals surface area contributed by atoms with Gasteiger partial charge in [-0.05, 0) is 50.9 Å². The van der Waals surface area contributed by atoms with Crippen molar-refractivity contribution in [2.24, 2.45) is 0 Å². The van der Waals surface area contributed by atoms with Crippen LogP contribution in [0.25, 0.3) is 0 Å². The number of unbranched alkanes of at least 4 members (excludes halogenated alkanes) is 1. The van der Waals surface area contributed by atoms with Crippen molar-refractivity contribution in [3.63, 3.8) is 0 Å². The van der Waals surface area contributed by atoms with Gasteiger partial charge < -0.3 is 5.32 Å². The molecular formula is C16H27NO2S. The average molecular weight is 297 g/mol. The quantitative estimate of drug-likeness (QED) is 0.841. The Morgan fingerprint density at radius 3 is 2.15 bits per heavy atom. The third-order valence-corrected chi connectivity index (χ3v) is 5.42. The lowest BCUT2D eigenvalue weighted by Crippen LogP contribution is -2.28. The maximum Gasteiger partial charge on any atom is 0.152 e. The molecule has 0 aliphatic rings. The summed E-state index contributed by atoms with van der Waals surface area (Å²) in [5, 5.41) is 3.17. The highest BCUT2D eigenvalue weighted by atomic mass is 32.2. The van der Waals surface area contributed by atoms with Crippen LogP contribution in [0.3, 0.4) is 0 Å². The van der Waals surface area contributed by atoms with Crippen LogP contribution in [0.5, 0.6) is 0 Å². The van der Waals surface area contributed by atoms with Crippen molar-refractivity contribution in [2.75, 3.05) is 18.6 Å². The number of hydrogen-bond donors (Lipinski definition) is 1. The van der Waals surface area contributed by atoms with E-state index in [1.165, 1.54) is 5.56 Å². The topological polar surface area (TPSA) is 46.2 Å². The number of aryl methyl sites for hydroxylation is 3. The monoisotopic (exact) mass is 297 g/mol. The van der Waals surface area contributed by atoms with Crippen molar-refractivity contribution in [2.45, 2.75) is 46.6 Å². The summed E-state index contributed by atoms with van der Waals surface area (Å²) in [4.78, 5) is 0. The zero-order valence-corrected chi connectivity index (χ0v) is 14.1. The molecule has 1 aromatic carbocycles. The molecule has 3 nitrogen and oxygen atoms in total. The predicted octanol–water partition coefficient (Wildman–Crippen LogP) is 3.09. The van der Waals surface area contributed by atoms with Crippen molar-refractivity contribution in [3.8, 4) is 0 Å². The molecule has 1 rings (SSSR count). The van der Waals surface area contributed by atoms with Gasteiger partial charge in [-0.3, -0.25) is 0 Å². The van der Waals surface area contributed by atoms with Crippen LogP contribution in [0.2, 0.25) is 0 Å². The smallest absolute Gasteiger partial charge is 0.152 e. The molecule has 0 spiro atoms. The SMILES string of the molecule is CCCCS(=O)(=O)CC(NC)c1c(C)cc(C)cc1C. The van der Waals surface area contributed by atoms with E-state index in [1.807, 2.05) is 14.0 Å². The van der Waals surface area contributed by atoms with Gasteiger partial charge in [-0.25, -0.2) is 8.42 Å². The molecule has 0 saturated carbocycles. The van der Waals surface area contributed by atoms with E-state index in [-0.39, 0.29) is 17.5 Å². The minimum absolute atomic E-state index is 0.127. The highest BCUT2D eigenvalue weighted by Crippen LogP contribution is 2.25. The molecule has 0 radical (unpaired) electrons. The average Bonchev–Trinajstić information content (AvgIpc) is 2.33. The van der Waals surface area contributed by atoms with E-state index in [0.717, 1.165) is 29.5 Å². The Hall–Kier alpha value is -0.870. The fraction of sp³-hybridized carbons (Fsp3) is 0.625. The number of benzene rings is 1. The Morgan fingerprint density at radius 1 is 1.15 bits per heavy atom. The molecule has 0 amide bonds. The maximum absolute atomic E-state index is 12.2. The Labute approximate surface area is 123 Å². The Bertz CT molecular complexity index is 527. The molecule has 0 heterocycles. The van der Waals surface area contributed by atoms with Crippen molar-refractivity contribution in [3.05, 3.63) is 34.4 Å². The summed E-state index contributed by atoms with van der Waals surface area (Å²) in [6, 6.07) is 4.11. The number of rotatable bonds is 7. The van der Waals surface area contributed by atoms with Crippen LogP contribution in [-0.2, 0) is 9.84 Å². The molecule has 4 heteroatoms. The first-order valence-electron chi connectivity index (χ1n) is 7.26. The molecule has 1 unspecified atom stereocenters. The van der Waals surface area contributed by atoms with Crippen molar-refractivity contribution in [1.29, 1.82) is 0 Å². The van der Waals surface area contributed by atoms with Gasteiger partial charge in [0.2, 0.25) is 0 Å². The van der Waals surface area contributed by atoms with Crippen molar-refractivity contribution < 1.29 is 8.42 Å². The standard InChI is InChI=1S/C16H27NO2S/c1-6-7-8-20(18,19)11-15(17-5)16-13(3)9-12(2)10-14(16)4/h9-10,15,17H,6-8,11H2,1-5H3. The Kier molecular flexibility index (Phi) is 6.21. The molecular weight excluding hydrogens is 270 g/mol. The first-order chi connectivity index (χ1) is 9.30. The van der Waals surface area contributed by atoms with E-state index < -0.39 is 9.84 Å². The summed E-state index contributed by atoms with van der Waals surface area (Å²) in [6.45, 7) is 8.19. The summed E-state index contributed by atoms with van der Waals surface area (Å²) in [5.41, 5.74) is 4.66. The summed E-state index contributed by atoms with van der Waals surface area (Å²) >= 11 is 0. The fourth-order valence-electron chi connectivity index (χ4n) is 2.75. The molecule has 1 N–H and O–H groups in total. The summed E-state index contributed by atoms with van der Waals surface area (Å²) in [6.07, 6.45) is 1.65. The molecule has 0 aliphatic carbocycles. The molecule has 1 atom stereocenters. The second-order valence-electron chi connectivity index (χ2n) is 5.62. The Morgan fingerprint density at radius 2 is 1.70 bits per heavy atom. The summed E-state index contributed by atoms with van der Waals surface area (Å²) in [7, 11) is -1.18. The zero-order chi connectivity index (χ0) is 15.3. The first kappa shape index (κ1) is 17.2. The van der Waals surface area contributed by atoms with Gasteiger partial charge in [0.1, 0.15) is 0 Å². The van der Waals surface area contributed by atoms with Gasteiger partial charge in [0.15, 0.2) is 9.84 Å². The molecule has 0 saturated heterocycles. The number of sulfone groups is 1. The Balaban J connectivity index is 3.03. The van der Waals surface area contributed by atoms with Gasteiger partial charge >= 0.3 is 0 Å². The van der Waals surface area contributed by atoms with Gasteiger partial charge in [0.05, 0.1) is 11.5 Å². The molecule has 1 aromatic rings. The normalized spacial score (nSPS) is 13.4. The zero-order valence-electron chi connectivity index (χ0n) is 13.3. The minimum Gasteiger partial charge on any atom is -0.312 e. The van der Waals surface area contributed by atoms with E-state index in [9.17, 15) is 8.42 Å². The van der Waals surface area contributed by atoms with Gasteiger partial charge in [-0.15, -0.1) is 0 Å². The van der Waals surface area contributed by atoms with E-state index in [2.05, 4.69) is 38.2 Å². The molecule has 0 aliphatic heterocycles. The first-order valence-corrected chi connectivity index (χ1v) is 9.08. The lowest BCUT2D eigenvalue weighted by molar-refractivity contribution is 0.570.